The third-order valence-corrected chi connectivity index (χ3v) is 4.72. The Bertz CT molecular complexity index is 1210. The molecule has 0 unspecified atom stereocenters. The minimum Gasteiger partial charge on any atom is -0.497 e. The van der Waals surface area contributed by atoms with Crippen molar-refractivity contribution in [2.24, 2.45) is 0 Å². The quantitative estimate of drug-likeness (QED) is 0.469. The van der Waals surface area contributed by atoms with Crippen LogP contribution in [0.2, 0.25) is 0 Å². The number of nitrogens with zero attached hydrogens (tertiary/aromatic N) is 6. The molecule has 0 N–H and O–H groups in total. The lowest BCUT2D eigenvalue weighted by atomic mass is 10.1. The van der Waals surface area contributed by atoms with E-state index in [4.69, 9.17) is 14.7 Å². The molecule has 4 aromatic rings. The van der Waals surface area contributed by atoms with Gasteiger partial charge in [-0.05, 0) is 36.6 Å². The van der Waals surface area contributed by atoms with Crippen LogP contribution in [0.4, 0.5) is 0 Å². The molecule has 0 saturated carbocycles. The molecule has 30 heavy (non-hydrogen) atoms. The van der Waals surface area contributed by atoms with E-state index in [0.717, 1.165) is 47.7 Å². The van der Waals surface area contributed by atoms with E-state index in [0.29, 0.717) is 16.9 Å². The highest BCUT2D eigenvalue weighted by Gasteiger charge is 2.12. The van der Waals surface area contributed by atoms with Crippen LogP contribution < -0.4 is 9.47 Å². The number of hydrogen-bond donors (Lipinski definition) is 0. The molecule has 4 rings (SSSR count). The second kappa shape index (κ2) is 8.57. The summed E-state index contributed by atoms with van der Waals surface area (Å²) in [6.07, 6.45) is 9.08. The van der Waals surface area contributed by atoms with Gasteiger partial charge in [-0.25, -0.2) is 9.50 Å². The molecule has 0 amide bonds. The third-order valence-electron chi connectivity index (χ3n) is 4.72. The van der Waals surface area contributed by atoms with Crippen molar-refractivity contribution in [2.45, 2.75) is 19.3 Å². The normalized spacial score (nSPS) is 10.7. The fourth-order valence-electron chi connectivity index (χ4n) is 3.26. The number of benzene rings is 1. The average Bonchev–Trinajstić information content (AvgIpc) is 3.21. The van der Waals surface area contributed by atoms with E-state index in [9.17, 15) is 0 Å². The van der Waals surface area contributed by atoms with Crippen LogP contribution >= 0.6 is 0 Å². The van der Waals surface area contributed by atoms with Gasteiger partial charge in [0, 0.05) is 42.8 Å². The van der Waals surface area contributed by atoms with Crippen molar-refractivity contribution >= 4 is 5.65 Å². The molecule has 0 radical (unpaired) electrons. The van der Waals surface area contributed by atoms with Crippen molar-refractivity contribution in [3.8, 4) is 28.8 Å². The molecule has 1 aromatic carbocycles. The van der Waals surface area contributed by atoms with Crippen molar-refractivity contribution in [1.29, 1.82) is 5.26 Å². The van der Waals surface area contributed by atoms with Crippen LogP contribution in [-0.4, -0.2) is 38.8 Å². The zero-order valence-electron chi connectivity index (χ0n) is 16.7. The van der Waals surface area contributed by atoms with E-state index in [1.165, 1.54) is 6.20 Å². The van der Waals surface area contributed by atoms with Gasteiger partial charge in [0.25, 0.3) is 0 Å². The largest absolute Gasteiger partial charge is 0.497 e. The van der Waals surface area contributed by atoms with Crippen LogP contribution in [0.15, 0.2) is 49.1 Å². The molecule has 0 saturated heterocycles. The Hall–Kier alpha value is -3.99. The SMILES string of the molecule is COc1cc(CCCc2nc3c(-c4cncc(C#N)c4)nccn3n2)cc(OC)c1. The second-order valence-corrected chi connectivity index (χ2v) is 6.72. The predicted octanol–water partition coefficient (Wildman–Crippen LogP) is 3.25. The highest BCUT2D eigenvalue weighted by atomic mass is 16.5. The van der Waals surface area contributed by atoms with Crippen molar-refractivity contribution in [2.75, 3.05) is 14.2 Å². The van der Waals surface area contributed by atoms with Crippen molar-refractivity contribution < 1.29 is 9.47 Å². The fourth-order valence-corrected chi connectivity index (χ4v) is 3.26. The number of rotatable bonds is 7. The van der Waals surface area contributed by atoms with Gasteiger partial charge in [-0.15, -0.1) is 0 Å². The van der Waals surface area contributed by atoms with Gasteiger partial charge < -0.3 is 9.47 Å². The van der Waals surface area contributed by atoms with Crippen molar-refractivity contribution in [3.63, 3.8) is 0 Å². The third kappa shape index (κ3) is 4.05. The molecule has 0 fully saturated rings. The van der Waals surface area contributed by atoms with Crippen LogP contribution in [0.1, 0.15) is 23.4 Å². The van der Waals surface area contributed by atoms with E-state index in [1.54, 1.807) is 43.4 Å². The number of aryl methyl sites for hydroxylation is 2. The molecule has 0 aliphatic carbocycles. The smallest absolute Gasteiger partial charge is 0.181 e. The molecule has 0 aliphatic heterocycles. The van der Waals surface area contributed by atoms with Crippen LogP contribution in [-0.2, 0) is 12.8 Å². The standard InChI is InChI=1S/C22H20N6O2/c1-29-18-9-15(10-19(11-18)30-2)4-3-5-20-26-22-21(25-6-7-28(22)27-20)17-8-16(12-23)13-24-14-17/h6-11,13-14H,3-5H2,1-2H3. The maximum Gasteiger partial charge on any atom is 0.181 e. The molecule has 0 atom stereocenters. The first-order valence-electron chi connectivity index (χ1n) is 9.48. The summed E-state index contributed by atoms with van der Waals surface area (Å²) in [7, 11) is 3.29. The Morgan fingerprint density at radius 2 is 1.83 bits per heavy atom. The van der Waals surface area contributed by atoms with Crippen LogP contribution in [0.3, 0.4) is 0 Å². The number of pyridine rings is 1. The molecule has 3 aromatic heterocycles. The summed E-state index contributed by atoms with van der Waals surface area (Å²) in [4.78, 5) is 13.2. The minimum atomic E-state index is 0.477. The topological polar surface area (TPSA) is 98.2 Å². The summed E-state index contributed by atoms with van der Waals surface area (Å²) >= 11 is 0. The maximum absolute atomic E-state index is 9.12. The lowest BCUT2D eigenvalue weighted by Crippen LogP contribution is -1.95. The predicted molar refractivity (Wildman–Crippen MR) is 110 cm³/mol. The zero-order chi connectivity index (χ0) is 20.9. The highest BCUT2D eigenvalue weighted by molar-refractivity contribution is 5.73. The number of aromatic nitrogens is 5. The number of ether oxygens (including phenoxy) is 2. The van der Waals surface area contributed by atoms with Gasteiger partial charge in [0.05, 0.1) is 19.8 Å². The van der Waals surface area contributed by atoms with Gasteiger partial charge in [-0.1, -0.05) is 0 Å². The summed E-state index contributed by atoms with van der Waals surface area (Å²) in [6.45, 7) is 0. The number of hydrogen-bond acceptors (Lipinski definition) is 7. The van der Waals surface area contributed by atoms with E-state index >= 15 is 0 Å². The molecule has 8 nitrogen and oxygen atoms in total. The number of methoxy groups -OCH3 is 2. The molecule has 0 bridgehead atoms. The monoisotopic (exact) mass is 400 g/mol. The Balaban J connectivity index is 1.53. The fraction of sp³-hybridized carbons (Fsp3) is 0.227. The average molecular weight is 400 g/mol. The Kier molecular flexibility index (Phi) is 5.52. The Morgan fingerprint density at radius 1 is 1.03 bits per heavy atom. The van der Waals surface area contributed by atoms with Crippen LogP contribution in [0.5, 0.6) is 11.5 Å². The first kappa shape index (κ1) is 19.3. The Morgan fingerprint density at radius 3 is 2.57 bits per heavy atom. The van der Waals surface area contributed by atoms with Gasteiger partial charge in [0.15, 0.2) is 11.5 Å². The highest BCUT2D eigenvalue weighted by Crippen LogP contribution is 2.24. The molecule has 0 aliphatic rings. The molecular weight excluding hydrogens is 380 g/mol. The summed E-state index contributed by atoms with van der Waals surface area (Å²) in [5.41, 5.74) is 3.65. The molecule has 150 valence electrons. The van der Waals surface area contributed by atoms with Crippen molar-refractivity contribution in [3.05, 3.63) is 66.0 Å². The molecule has 3 heterocycles. The lowest BCUT2D eigenvalue weighted by Gasteiger charge is -2.08. The van der Waals surface area contributed by atoms with Crippen LogP contribution in [0.25, 0.3) is 16.9 Å². The summed E-state index contributed by atoms with van der Waals surface area (Å²) in [5, 5.41) is 13.7. The summed E-state index contributed by atoms with van der Waals surface area (Å²) in [6, 6.07) is 9.73. The molecular formula is C22H20N6O2. The number of nitriles is 1. The van der Waals surface area contributed by atoms with Gasteiger partial charge >= 0.3 is 0 Å². The van der Waals surface area contributed by atoms with Gasteiger partial charge in [0.1, 0.15) is 23.3 Å². The second-order valence-electron chi connectivity index (χ2n) is 6.72. The molecule has 8 heteroatoms. The summed E-state index contributed by atoms with van der Waals surface area (Å²) in [5.74, 6) is 2.29. The van der Waals surface area contributed by atoms with Crippen LogP contribution in [0, 0.1) is 11.3 Å². The zero-order valence-corrected chi connectivity index (χ0v) is 16.7. The maximum atomic E-state index is 9.12. The van der Waals surface area contributed by atoms with E-state index in [-0.39, 0.29) is 0 Å². The van der Waals surface area contributed by atoms with Gasteiger partial charge in [-0.2, -0.15) is 10.4 Å². The van der Waals surface area contributed by atoms with Gasteiger partial charge in [0.2, 0.25) is 0 Å². The van der Waals surface area contributed by atoms with E-state index in [1.807, 2.05) is 18.2 Å². The molecule has 0 spiro atoms. The first-order chi connectivity index (χ1) is 14.7. The van der Waals surface area contributed by atoms with Crippen molar-refractivity contribution in [1.82, 2.24) is 24.6 Å². The van der Waals surface area contributed by atoms with E-state index in [2.05, 4.69) is 26.1 Å². The lowest BCUT2D eigenvalue weighted by molar-refractivity contribution is 0.393. The first-order valence-corrected chi connectivity index (χ1v) is 9.48. The van der Waals surface area contributed by atoms with E-state index < -0.39 is 0 Å². The van der Waals surface area contributed by atoms with Gasteiger partial charge in [-0.3, -0.25) is 9.97 Å². The Labute approximate surface area is 173 Å². The minimum absolute atomic E-state index is 0.477. The summed E-state index contributed by atoms with van der Waals surface area (Å²) < 4.78 is 12.4. The number of fused-ring (bicyclic) bond motifs is 1.